The molecule has 0 aliphatic heterocycles. The van der Waals surface area contributed by atoms with Gasteiger partial charge in [0.25, 0.3) is 10.0 Å². The van der Waals surface area contributed by atoms with Gasteiger partial charge in [-0.1, -0.05) is 6.07 Å². The highest BCUT2D eigenvalue weighted by Gasteiger charge is 2.27. The van der Waals surface area contributed by atoms with Crippen molar-refractivity contribution in [2.45, 2.75) is 11.8 Å². The summed E-state index contributed by atoms with van der Waals surface area (Å²) in [6.45, 7) is 0.711. The molecule has 0 heterocycles. The highest BCUT2D eigenvalue weighted by Crippen LogP contribution is 2.25. The van der Waals surface area contributed by atoms with E-state index in [1.54, 1.807) is 0 Å². The third-order valence-electron chi connectivity index (χ3n) is 3.36. The largest absolute Gasteiger partial charge is 0.468 e. The van der Waals surface area contributed by atoms with Gasteiger partial charge in [-0.15, -0.1) is 0 Å². The van der Waals surface area contributed by atoms with Gasteiger partial charge >= 0.3 is 5.97 Å². The van der Waals surface area contributed by atoms with Crippen LogP contribution in [0.5, 0.6) is 0 Å². The normalized spacial score (nSPS) is 10.9. The summed E-state index contributed by atoms with van der Waals surface area (Å²) in [7, 11) is -3.04. The van der Waals surface area contributed by atoms with E-state index in [2.05, 4.69) is 10.1 Å². The first-order chi connectivity index (χ1) is 12.2. The van der Waals surface area contributed by atoms with Gasteiger partial charge in [-0.3, -0.25) is 13.9 Å². The van der Waals surface area contributed by atoms with Gasteiger partial charge in [0.1, 0.15) is 12.4 Å². The number of esters is 1. The molecule has 1 N–H and O–H groups in total. The number of amides is 1. The number of anilines is 2. The highest BCUT2D eigenvalue weighted by atomic mass is 32.2. The molecule has 0 unspecified atom stereocenters. The fourth-order valence-corrected chi connectivity index (χ4v) is 3.57. The van der Waals surface area contributed by atoms with E-state index in [1.807, 2.05) is 0 Å². The first-order valence-electron chi connectivity index (χ1n) is 7.47. The Labute approximate surface area is 150 Å². The smallest absolute Gasteiger partial charge is 0.326 e. The van der Waals surface area contributed by atoms with Crippen LogP contribution < -0.4 is 9.62 Å². The van der Waals surface area contributed by atoms with Gasteiger partial charge in [-0.2, -0.15) is 0 Å². The molecule has 138 valence electrons. The number of sulfonamides is 1. The van der Waals surface area contributed by atoms with Crippen LogP contribution in [-0.2, 0) is 24.3 Å². The Morgan fingerprint density at radius 2 is 1.81 bits per heavy atom. The Morgan fingerprint density at radius 3 is 2.35 bits per heavy atom. The van der Waals surface area contributed by atoms with Crippen LogP contribution in [0.25, 0.3) is 0 Å². The van der Waals surface area contributed by atoms with Crippen molar-refractivity contribution < 1.29 is 27.1 Å². The molecule has 0 aromatic heterocycles. The van der Waals surface area contributed by atoms with Crippen LogP contribution in [0.15, 0.2) is 53.4 Å². The van der Waals surface area contributed by atoms with Crippen molar-refractivity contribution in [1.82, 2.24) is 0 Å². The predicted molar refractivity (Wildman–Crippen MR) is 93.7 cm³/mol. The van der Waals surface area contributed by atoms with Crippen molar-refractivity contribution in [3.63, 3.8) is 0 Å². The summed E-state index contributed by atoms with van der Waals surface area (Å²) in [6, 6.07) is 10.3. The number of nitrogens with one attached hydrogen (secondary N) is 1. The molecule has 2 rings (SSSR count). The SMILES string of the molecule is COC(=O)CN(c1cccc(F)c1)S(=O)(=O)c1ccc(NC(C)=O)cc1. The maximum Gasteiger partial charge on any atom is 0.326 e. The molecule has 26 heavy (non-hydrogen) atoms. The van der Waals surface area contributed by atoms with Gasteiger partial charge in [0.2, 0.25) is 5.91 Å². The second kappa shape index (κ2) is 7.96. The maximum atomic E-state index is 13.5. The lowest BCUT2D eigenvalue weighted by Crippen LogP contribution is -2.36. The van der Waals surface area contributed by atoms with Gasteiger partial charge in [-0.05, 0) is 42.5 Å². The summed E-state index contributed by atoms with van der Waals surface area (Å²) >= 11 is 0. The van der Waals surface area contributed by atoms with Gasteiger partial charge < -0.3 is 10.1 Å². The fraction of sp³-hybridized carbons (Fsp3) is 0.176. The number of carbonyl (C=O) groups excluding carboxylic acids is 2. The maximum absolute atomic E-state index is 13.5. The van der Waals surface area contributed by atoms with E-state index in [9.17, 15) is 22.4 Å². The van der Waals surface area contributed by atoms with E-state index in [-0.39, 0.29) is 16.5 Å². The molecular weight excluding hydrogens is 363 g/mol. The van der Waals surface area contributed by atoms with Gasteiger partial charge in [0, 0.05) is 12.6 Å². The van der Waals surface area contributed by atoms with E-state index < -0.39 is 28.4 Å². The first kappa shape index (κ1) is 19.4. The molecule has 0 saturated heterocycles. The second-order valence-corrected chi connectivity index (χ2v) is 7.14. The quantitative estimate of drug-likeness (QED) is 0.775. The number of hydrogen-bond acceptors (Lipinski definition) is 5. The van der Waals surface area contributed by atoms with Crippen LogP contribution in [0.3, 0.4) is 0 Å². The van der Waals surface area contributed by atoms with Crippen molar-refractivity contribution in [2.75, 3.05) is 23.3 Å². The number of ether oxygens (including phenoxy) is 1. The third-order valence-corrected chi connectivity index (χ3v) is 5.15. The van der Waals surface area contributed by atoms with E-state index in [0.29, 0.717) is 5.69 Å². The average molecular weight is 380 g/mol. The Kier molecular flexibility index (Phi) is 5.93. The van der Waals surface area contributed by atoms with Crippen LogP contribution in [-0.4, -0.2) is 33.9 Å². The fourth-order valence-electron chi connectivity index (χ4n) is 2.17. The molecule has 0 aliphatic rings. The molecule has 9 heteroatoms. The lowest BCUT2D eigenvalue weighted by atomic mass is 10.3. The second-order valence-electron chi connectivity index (χ2n) is 5.27. The van der Waals surface area contributed by atoms with Crippen molar-refractivity contribution in [3.8, 4) is 0 Å². The molecule has 2 aromatic carbocycles. The Bertz CT molecular complexity index is 913. The summed E-state index contributed by atoms with van der Waals surface area (Å²) in [6.07, 6.45) is 0. The van der Waals surface area contributed by atoms with E-state index in [0.717, 1.165) is 23.5 Å². The molecule has 2 aromatic rings. The van der Waals surface area contributed by atoms with Crippen LogP contribution in [0, 0.1) is 5.82 Å². The van der Waals surface area contributed by atoms with Crippen molar-refractivity contribution in [2.24, 2.45) is 0 Å². The third kappa shape index (κ3) is 4.57. The number of nitrogens with zero attached hydrogens (tertiary/aromatic N) is 1. The lowest BCUT2D eigenvalue weighted by Gasteiger charge is -2.23. The zero-order valence-corrected chi connectivity index (χ0v) is 14.9. The number of benzene rings is 2. The minimum atomic E-state index is -4.17. The summed E-state index contributed by atoms with van der Waals surface area (Å²) in [4.78, 5) is 22.6. The van der Waals surface area contributed by atoms with Crippen LogP contribution in [0.4, 0.5) is 15.8 Å². The predicted octanol–water partition coefficient (Wildman–Crippen LogP) is 2.15. The van der Waals surface area contributed by atoms with Gasteiger partial charge in [0.15, 0.2) is 0 Å². The molecule has 0 radical (unpaired) electrons. The minimum Gasteiger partial charge on any atom is -0.468 e. The van der Waals surface area contributed by atoms with Gasteiger partial charge in [0.05, 0.1) is 17.7 Å². The molecule has 0 fully saturated rings. The number of carbonyl (C=O) groups is 2. The van der Waals surface area contributed by atoms with Crippen molar-refractivity contribution >= 4 is 33.3 Å². The molecular formula is C17H17FN2O5S. The zero-order chi connectivity index (χ0) is 19.3. The average Bonchev–Trinajstić information content (AvgIpc) is 2.59. The topological polar surface area (TPSA) is 92.8 Å². The summed E-state index contributed by atoms with van der Waals surface area (Å²) in [5, 5.41) is 2.52. The Hall–Kier alpha value is -2.94. The molecule has 0 bridgehead atoms. The number of halogens is 1. The molecule has 7 nitrogen and oxygen atoms in total. The summed E-state index contributed by atoms with van der Waals surface area (Å²) < 4.78 is 44.7. The number of methoxy groups -OCH3 is 1. The molecule has 0 spiro atoms. The molecule has 0 atom stereocenters. The summed E-state index contributed by atoms with van der Waals surface area (Å²) in [5.74, 6) is -1.74. The summed E-state index contributed by atoms with van der Waals surface area (Å²) in [5.41, 5.74) is 0.406. The number of hydrogen-bond donors (Lipinski definition) is 1. The standard InChI is InChI=1S/C17H17FN2O5S/c1-12(21)19-14-6-8-16(9-7-14)26(23,24)20(11-17(22)25-2)15-5-3-4-13(18)10-15/h3-10H,11H2,1-2H3,(H,19,21). The lowest BCUT2D eigenvalue weighted by molar-refractivity contribution is -0.138. The van der Waals surface area contributed by atoms with Gasteiger partial charge in [-0.25, -0.2) is 12.8 Å². The van der Waals surface area contributed by atoms with Crippen molar-refractivity contribution in [3.05, 3.63) is 54.3 Å². The monoisotopic (exact) mass is 380 g/mol. The molecule has 0 aliphatic carbocycles. The molecule has 0 saturated carbocycles. The van der Waals surface area contributed by atoms with Crippen LogP contribution in [0.2, 0.25) is 0 Å². The van der Waals surface area contributed by atoms with E-state index in [1.165, 1.54) is 43.3 Å². The van der Waals surface area contributed by atoms with E-state index in [4.69, 9.17) is 0 Å². The Morgan fingerprint density at radius 1 is 1.15 bits per heavy atom. The number of rotatable bonds is 6. The van der Waals surface area contributed by atoms with Crippen molar-refractivity contribution in [1.29, 1.82) is 0 Å². The molecule has 1 amide bonds. The minimum absolute atomic E-state index is 0.0127. The van der Waals surface area contributed by atoms with E-state index >= 15 is 0 Å². The highest BCUT2D eigenvalue weighted by molar-refractivity contribution is 7.92. The Balaban J connectivity index is 2.44. The van der Waals surface area contributed by atoms with Crippen LogP contribution in [0.1, 0.15) is 6.92 Å². The first-order valence-corrected chi connectivity index (χ1v) is 8.91. The van der Waals surface area contributed by atoms with Crippen LogP contribution >= 0.6 is 0 Å². The zero-order valence-electron chi connectivity index (χ0n) is 14.1.